The van der Waals surface area contributed by atoms with Crippen LogP contribution in [-0.4, -0.2) is 48.1 Å². The van der Waals surface area contributed by atoms with E-state index in [1.54, 1.807) is 30.3 Å². The Morgan fingerprint density at radius 2 is 2.37 bits per heavy atom. The fourth-order valence-electron chi connectivity index (χ4n) is 2.12. The molecule has 0 saturated heterocycles. The highest BCUT2D eigenvalue weighted by Gasteiger charge is 2.27. The minimum atomic E-state index is -0.0255. The van der Waals surface area contributed by atoms with Crippen molar-refractivity contribution in [1.82, 2.24) is 15.2 Å². The largest absolute Gasteiger partial charge is 0.472 e. The zero-order valence-electron chi connectivity index (χ0n) is 11.7. The molecule has 0 spiro atoms. The predicted octanol–water partition coefficient (Wildman–Crippen LogP) is 1.30. The minimum Gasteiger partial charge on any atom is -0.472 e. The summed E-state index contributed by atoms with van der Waals surface area (Å²) in [6.45, 7) is 5.68. The van der Waals surface area contributed by atoms with Crippen LogP contribution in [0.1, 0.15) is 30.6 Å². The topological polar surface area (TPSA) is 54.5 Å². The third-order valence-electron chi connectivity index (χ3n) is 3.12. The molecule has 2 rings (SSSR count). The number of carbonyl (C=O) groups is 1. The summed E-state index contributed by atoms with van der Waals surface area (Å²) in [5, 5.41) is 3.36. The van der Waals surface area contributed by atoms with E-state index in [-0.39, 0.29) is 12.0 Å². The first-order chi connectivity index (χ1) is 9.08. The first kappa shape index (κ1) is 13.8. The Kier molecular flexibility index (Phi) is 4.37. The molecule has 0 saturated carbocycles. The number of nitrogens with zero attached hydrogens (tertiary/aromatic N) is 2. The molecule has 1 aliphatic heterocycles. The van der Waals surface area contributed by atoms with Crippen molar-refractivity contribution in [1.29, 1.82) is 0 Å². The van der Waals surface area contributed by atoms with Gasteiger partial charge in [0.05, 0.1) is 6.54 Å². The van der Waals surface area contributed by atoms with Crippen LogP contribution in [0.15, 0.2) is 18.3 Å². The van der Waals surface area contributed by atoms with Gasteiger partial charge in [0.25, 0.3) is 5.91 Å². The fourth-order valence-corrected chi connectivity index (χ4v) is 2.12. The SMILES string of the molecule is CC(C)NCCC1CN(C)C(=O)c2cccnc2O1. The van der Waals surface area contributed by atoms with Crippen molar-refractivity contribution in [2.45, 2.75) is 32.4 Å². The zero-order chi connectivity index (χ0) is 13.8. The summed E-state index contributed by atoms with van der Waals surface area (Å²) in [5.41, 5.74) is 0.546. The molecular formula is C14H21N3O2. The number of fused-ring (bicyclic) bond motifs is 1. The Balaban J connectivity index is 2.07. The Morgan fingerprint density at radius 3 is 3.11 bits per heavy atom. The number of carbonyl (C=O) groups excluding carboxylic acids is 1. The third kappa shape index (κ3) is 3.44. The van der Waals surface area contributed by atoms with Gasteiger partial charge in [0.15, 0.2) is 0 Å². The maximum atomic E-state index is 12.2. The second-order valence-electron chi connectivity index (χ2n) is 5.18. The molecule has 1 aliphatic rings. The fraction of sp³-hybridized carbons (Fsp3) is 0.571. The van der Waals surface area contributed by atoms with Gasteiger partial charge in [-0.05, 0) is 25.1 Å². The van der Waals surface area contributed by atoms with Gasteiger partial charge in [0, 0.05) is 19.3 Å². The van der Waals surface area contributed by atoms with E-state index >= 15 is 0 Å². The van der Waals surface area contributed by atoms with E-state index in [2.05, 4.69) is 24.1 Å². The molecule has 1 atom stereocenters. The summed E-state index contributed by atoms with van der Waals surface area (Å²) in [6.07, 6.45) is 2.49. The van der Waals surface area contributed by atoms with E-state index in [0.717, 1.165) is 13.0 Å². The lowest BCUT2D eigenvalue weighted by atomic mass is 10.2. The lowest BCUT2D eigenvalue weighted by Crippen LogP contribution is -2.36. The summed E-state index contributed by atoms with van der Waals surface area (Å²) in [5.74, 6) is 0.425. The third-order valence-corrected chi connectivity index (χ3v) is 3.12. The molecule has 2 heterocycles. The number of aromatic nitrogens is 1. The smallest absolute Gasteiger partial charge is 0.259 e. The van der Waals surface area contributed by atoms with Crippen LogP contribution in [-0.2, 0) is 0 Å². The first-order valence-corrected chi connectivity index (χ1v) is 6.68. The molecule has 1 unspecified atom stereocenters. The van der Waals surface area contributed by atoms with Gasteiger partial charge in [-0.3, -0.25) is 4.79 Å². The van der Waals surface area contributed by atoms with E-state index in [0.29, 0.717) is 24.0 Å². The molecule has 1 aromatic rings. The molecule has 104 valence electrons. The molecule has 5 nitrogen and oxygen atoms in total. The highest BCUT2D eigenvalue weighted by Crippen LogP contribution is 2.22. The van der Waals surface area contributed by atoms with Crippen LogP contribution in [0.2, 0.25) is 0 Å². The van der Waals surface area contributed by atoms with Crippen molar-refractivity contribution < 1.29 is 9.53 Å². The normalized spacial score (nSPS) is 19.1. The number of pyridine rings is 1. The van der Waals surface area contributed by atoms with Crippen LogP contribution in [0, 0.1) is 0 Å². The maximum absolute atomic E-state index is 12.2. The van der Waals surface area contributed by atoms with Gasteiger partial charge in [0.1, 0.15) is 11.7 Å². The van der Waals surface area contributed by atoms with Crippen LogP contribution < -0.4 is 10.1 Å². The van der Waals surface area contributed by atoms with Crippen molar-refractivity contribution in [2.75, 3.05) is 20.1 Å². The van der Waals surface area contributed by atoms with Crippen molar-refractivity contribution in [3.63, 3.8) is 0 Å². The van der Waals surface area contributed by atoms with Crippen molar-refractivity contribution in [3.8, 4) is 5.88 Å². The number of nitrogens with one attached hydrogen (secondary N) is 1. The number of hydrogen-bond donors (Lipinski definition) is 1. The first-order valence-electron chi connectivity index (χ1n) is 6.68. The Labute approximate surface area is 114 Å². The van der Waals surface area contributed by atoms with Gasteiger partial charge in [-0.15, -0.1) is 0 Å². The van der Waals surface area contributed by atoms with E-state index < -0.39 is 0 Å². The Morgan fingerprint density at radius 1 is 1.58 bits per heavy atom. The van der Waals surface area contributed by atoms with Crippen LogP contribution in [0.3, 0.4) is 0 Å². The summed E-state index contributed by atoms with van der Waals surface area (Å²) >= 11 is 0. The summed E-state index contributed by atoms with van der Waals surface area (Å²) in [7, 11) is 1.80. The van der Waals surface area contributed by atoms with Gasteiger partial charge in [-0.2, -0.15) is 0 Å². The van der Waals surface area contributed by atoms with Crippen molar-refractivity contribution >= 4 is 5.91 Å². The maximum Gasteiger partial charge on any atom is 0.259 e. The van der Waals surface area contributed by atoms with Gasteiger partial charge >= 0.3 is 0 Å². The quantitative estimate of drug-likeness (QED) is 0.889. The second-order valence-corrected chi connectivity index (χ2v) is 5.18. The molecule has 0 bridgehead atoms. The van der Waals surface area contributed by atoms with Crippen molar-refractivity contribution in [2.24, 2.45) is 0 Å². The molecular weight excluding hydrogens is 242 g/mol. The number of ether oxygens (including phenoxy) is 1. The summed E-state index contributed by atoms with van der Waals surface area (Å²) < 4.78 is 5.87. The van der Waals surface area contributed by atoms with E-state index in [1.807, 2.05) is 0 Å². The lowest BCUT2D eigenvalue weighted by Gasteiger charge is -2.20. The molecule has 0 aliphatic carbocycles. The highest BCUT2D eigenvalue weighted by atomic mass is 16.5. The van der Waals surface area contributed by atoms with Crippen LogP contribution in [0.25, 0.3) is 0 Å². The lowest BCUT2D eigenvalue weighted by molar-refractivity contribution is 0.0754. The van der Waals surface area contributed by atoms with Gasteiger partial charge < -0.3 is 15.0 Å². The molecule has 0 radical (unpaired) electrons. The molecule has 5 heteroatoms. The predicted molar refractivity (Wildman–Crippen MR) is 73.4 cm³/mol. The zero-order valence-corrected chi connectivity index (χ0v) is 11.7. The van der Waals surface area contributed by atoms with E-state index in [4.69, 9.17) is 4.74 Å². The average molecular weight is 263 g/mol. The number of likely N-dealkylation sites (N-methyl/N-ethyl adjacent to an activating group) is 1. The standard InChI is InChI=1S/C14H21N3O2/c1-10(2)15-8-6-11-9-17(3)14(18)12-5-4-7-16-13(12)19-11/h4-5,7,10-11,15H,6,8-9H2,1-3H3. The molecule has 19 heavy (non-hydrogen) atoms. The average Bonchev–Trinajstić information content (AvgIpc) is 2.48. The molecule has 0 fully saturated rings. The second kappa shape index (κ2) is 6.02. The monoisotopic (exact) mass is 263 g/mol. The van der Waals surface area contributed by atoms with Crippen LogP contribution >= 0.6 is 0 Å². The Hall–Kier alpha value is -1.62. The minimum absolute atomic E-state index is 0.0173. The van der Waals surface area contributed by atoms with Gasteiger partial charge in [0.2, 0.25) is 5.88 Å². The van der Waals surface area contributed by atoms with Crippen LogP contribution in [0.5, 0.6) is 5.88 Å². The van der Waals surface area contributed by atoms with Gasteiger partial charge in [-0.25, -0.2) is 4.98 Å². The molecule has 1 amide bonds. The number of amides is 1. The van der Waals surface area contributed by atoms with Gasteiger partial charge in [-0.1, -0.05) is 13.8 Å². The molecule has 1 aromatic heterocycles. The number of rotatable bonds is 4. The van der Waals surface area contributed by atoms with E-state index in [1.165, 1.54) is 0 Å². The van der Waals surface area contributed by atoms with Crippen molar-refractivity contribution in [3.05, 3.63) is 23.9 Å². The highest BCUT2D eigenvalue weighted by molar-refractivity contribution is 5.96. The summed E-state index contributed by atoms with van der Waals surface area (Å²) in [4.78, 5) is 18.0. The number of hydrogen-bond acceptors (Lipinski definition) is 4. The molecule has 1 N–H and O–H groups in total. The Bertz CT molecular complexity index is 448. The van der Waals surface area contributed by atoms with Crippen LogP contribution in [0.4, 0.5) is 0 Å². The summed E-state index contributed by atoms with van der Waals surface area (Å²) in [6, 6.07) is 3.97. The molecule has 0 aromatic carbocycles. The van der Waals surface area contributed by atoms with E-state index in [9.17, 15) is 4.79 Å².